The van der Waals surface area contributed by atoms with E-state index >= 15 is 0 Å². The van der Waals surface area contributed by atoms with E-state index in [0.717, 1.165) is 101 Å². The Morgan fingerprint density at radius 3 is 1.87 bits per heavy atom. The highest BCUT2D eigenvalue weighted by atomic mass is 15.1. The van der Waals surface area contributed by atoms with E-state index in [2.05, 4.69) is 174 Å². The van der Waals surface area contributed by atoms with Crippen molar-refractivity contribution in [3.05, 3.63) is 176 Å². The number of rotatable bonds is 6. The molecule has 0 radical (unpaired) electrons. The molecule has 0 aliphatic heterocycles. The fourth-order valence-corrected chi connectivity index (χ4v) is 7.65. The molecule has 6 aromatic carbocycles. The second-order valence-corrected chi connectivity index (χ2v) is 13.1. The Morgan fingerprint density at radius 1 is 0.481 bits per heavy atom. The molecule has 4 aromatic heterocycles. The minimum atomic E-state index is 0.819. The fraction of sp³-hybridized carbons (Fsp3) is 0.0426. The minimum absolute atomic E-state index is 0.819. The van der Waals surface area contributed by atoms with E-state index in [4.69, 9.17) is 15.0 Å². The average molecular weight is 668 g/mol. The van der Waals surface area contributed by atoms with Crippen LogP contribution in [-0.4, -0.2) is 23.9 Å². The predicted octanol–water partition coefficient (Wildman–Crippen LogP) is 11.6. The van der Waals surface area contributed by atoms with Crippen LogP contribution in [0.1, 0.15) is 12.7 Å². The number of hydrogen-bond acceptors (Lipinski definition) is 3. The van der Waals surface area contributed by atoms with E-state index < -0.39 is 0 Å². The summed E-state index contributed by atoms with van der Waals surface area (Å²) in [6.07, 6.45) is 2.91. The van der Waals surface area contributed by atoms with Gasteiger partial charge in [-0.2, -0.15) is 0 Å². The van der Waals surface area contributed by atoms with Crippen LogP contribution in [0.15, 0.2) is 170 Å². The Bertz CT molecular complexity index is 2900. The molecule has 52 heavy (non-hydrogen) atoms. The molecule has 10 rings (SSSR count). The van der Waals surface area contributed by atoms with Crippen LogP contribution in [0.5, 0.6) is 0 Å². The van der Waals surface area contributed by atoms with Gasteiger partial charge in [0.05, 0.1) is 33.6 Å². The second-order valence-electron chi connectivity index (χ2n) is 13.1. The van der Waals surface area contributed by atoms with Crippen molar-refractivity contribution in [3.8, 4) is 50.6 Å². The van der Waals surface area contributed by atoms with Crippen molar-refractivity contribution >= 4 is 38.4 Å². The molecule has 5 heteroatoms. The van der Waals surface area contributed by atoms with Crippen LogP contribution in [0, 0.1) is 0 Å². The second kappa shape index (κ2) is 12.2. The topological polar surface area (TPSA) is 48.0 Å². The summed E-state index contributed by atoms with van der Waals surface area (Å²) in [7, 11) is 0. The van der Waals surface area contributed by atoms with Gasteiger partial charge in [0.1, 0.15) is 11.5 Å². The molecule has 10 aromatic rings. The van der Waals surface area contributed by atoms with E-state index in [9.17, 15) is 0 Å². The lowest BCUT2D eigenvalue weighted by Crippen LogP contribution is -1.99. The Morgan fingerprint density at radius 2 is 1.12 bits per heavy atom. The largest absolute Gasteiger partial charge is 0.299 e. The summed E-state index contributed by atoms with van der Waals surface area (Å²) in [6.45, 7) is 2.17. The number of imidazole rings is 2. The number of benzene rings is 6. The van der Waals surface area contributed by atoms with Crippen LogP contribution in [0.25, 0.3) is 88.9 Å². The SMILES string of the molecule is CCc1nc2c3c(-c4ccc(-c5ccc(-c6c(-c7ccccc7)nc7ccccn67)cc5)cc4)nc4ccccc4c3ccc2n1-c1ccccc1. The van der Waals surface area contributed by atoms with Crippen molar-refractivity contribution in [2.24, 2.45) is 0 Å². The van der Waals surface area contributed by atoms with Gasteiger partial charge in [-0.25, -0.2) is 15.0 Å². The summed E-state index contributed by atoms with van der Waals surface area (Å²) >= 11 is 0. The number of aryl methyl sites for hydroxylation is 1. The fourth-order valence-electron chi connectivity index (χ4n) is 7.65. The molecular weight excluding hydrogens is 635 g/mol. The van der Waals surface area contributed by atoms with Gasteiger partial charge in [-0.15, -0.1) is 0 Å². The smallest absolute Gasteiger partial charge is 0.137 e. The van der Waals surface area contributed by atoms with Gasteiger partial charge in [-0.05, 0) is 52.9 Å². The van der Waals surface area contributed by atoms with Crippen LogP contribution in [0.3, 0.4) is 0 Å². The summed E-state index contributed by atoms with van der Waals surface area (Å²) in [5.74, 6) is 1.03. The molecule has 0 saturated carbocycles. The van der Waals surface area contributed by atoms with Crippen molar-refractivity contribution in [3.63, 3.8) is 0 Å². The van der Waals surface area contributed by atoms with Gasteiger partial charge in [0, 0.05) is 45.8 Å². The normalized spacial score (nSPS) is 11.6. The molecule has 0 atom stereocenters. The number of pyridine rings is 2. The highest BCUT2D eigenvalue weighted by Gasteiger charge is 2.20. The maximum absolute atomic E-state index is 5.30. The Balaban J connectivity index is 1.08. The summed E-state index contributed by atoms with van der Waals surface area (Å²) in [4.78, 5) is 15.6. The first-order valence-electron chi connectivity index (χ1n) is 17.8. The van der Waals surface area contributed by atoms with Crippen LogP contribution in [0.2, 0.25) is 0 Å². The third-order valence-corrected chi connectivity index (χ3v) is 10.1. The van der Waals surface area contributed by atoms with E-state index in [-0.39, 0.29) is 0 Å². The number of hydrogen-bond donors (Lipinski definition) is 0. The lowest BCUT2D eigenvalue weighted by Gasteiger charge is -2.13. The summed E-state index contributed by atoms with van der Waals surface area (Å²) < 4.78 is 4.46. The monoisotopic (exact) mass is 667 g/mol. The van der Waals surface area contributed by atoms with Gasteiger partial charge in [-0.1, -0.05) is 134 Å². The van der Waals surface area contributed by atoms with Crippen LogP contribution >= 0.6 is 0 Å². The molecule has 0 amide bonds. The highest BCUT2D eigenvalue weighted by Crippen LogP contribution is 2.39. The van der Waals surface area contributed by atoms with Gasteiger partial charge in [0.15, 0.2) is 0 Å². The molecule has 0 bridgehead atoms. The third-order valence-electron chi connectivity index (χ3n) is 10.1. The highest BCUT2D eigenvalue weighted by molar-refractivity contribution is 6.20. The summed E-state index contributed by atoms with van der Waals surface area (Å²) in [5.41, 5.74) is 13.7. The summed E-state index contributed by atoms with van der Waals surface area (Å²) in [5, 5.41) is 3.38. The maximum Gasteiger partial charge on any atom is 0.137 e. The molecule has 0 saturated heterocycles. The zero-order valence-electron chi connectivity index (χ0n) is 28.6. The van der Waals surface area contributed by atoms with Gasteiger partial charge in [-0.3, -0.25) is 8.97 Å². The lowest BCUT2D eigenvalue weighted by atomic mass is 9.96. The zero-order chi connectivity index (χ0) is 34.6. The molecule has 5 nitrogen and oxygen atoms in total. The predicted molar refractivity (Wildman–Crippen MR) is 214 cm³/mol. The molecule has 0 spiro atoms. The molecular formula is C47H33N5. The number of fused-ring (bicyclic) bond motifs is 6. The van der Waals surface area contributed by atoms with Crippen molar-refractivity contribution in [2.75, 3.05) is 0 Å². The first-order chi connectivity index (χ1) is 25.7. The summed E-state index contributed by atoms with van der Waals surface area (Å²) in [6, 6.07) is 57.6. The van der Waals surface area contributed by atoms with E-state index in [1.807, 2.05) is 12.1 Å². The van der Waals surface area contributed by atoms with Crippen LogP contribution in [0.4, 0.5) is 0 Å². The average Bonchev–Trinajstić information content (AvgIpc) is 3.80. The quantitative estimate of drug-likeness (QED) is 0.166. The molecule has 0 unspecified atom stereocenters. The first-order valence-corrected chi connectivity index (χ1v) is 17.8. The third kappa shape index (κ3) is 4.82. The van der Waals surface area contributed by atoms with E-state index in [1.54, 1.807) is 0 Å². The van der Waals surface area contributed by atoms with Gasteiger partial charge in [0.2, 0.25) is 0 Å². The van der Waals surface area contributed by atoms with Gasteiger partial charge < -0.3 is 0 Å². The van der Waals surface area contributed by atoms with E-state index in [1.165, 1.54) is 0 Å². The molecule has 0 aliphatic rings. The van der Waals surface area contributed by atoms with Crippen molar-refractivity contribution in [2.45, 2.75) is 13.3 Å². The van der Waals surface area contributed by atoms with Crippen molar-refractivity contribution in [1.29, 1.82) is 0 Å². The van der Waals surface area contributed by atoms with Gasteiger partial charge in [0.25, 0.3) is 0 Å². The lowest BCUT2D eigenvalue weighted by molar-refractivity contribution is 0.908. The number of nitrogens with zero attached hydrogens (tertiary/aromatic N) is 5. The van der Waals surface area contributed by atoms with Crippen LogP contribution < -0.4 is 0 Å². The minimum Gasteiger partial charge on any atom is -0.299 e. The standard InChI is InChI=1S/C47H33N5/c1-2-41-49-46-40(52(41)36-15-7-4-8-16-36)29-28-38-37-17-9-10-18-39(37)48-44(43(38)46)34-24-20-31(21-25-34)32-22-26-35(27-23-32)47-45(33-13-5-3-6-14-33)50-42-19-11-12-30-51(42)47/h3-30H,2H2,1H3. The molecule has 0 fully saturated rings. The first kappa shape index (κ1) is 30.0. The maximum atomic E-state index is 5.30. The molecule has 0 N–H and O–H groups in total. The Hall–Kier alpha value is -6.85. The Labute approximate surface area is 301 Å². The number of para-hydroxylation sites is 2. The van der Waals surface area contributed by atoms with E-state index in [0.29, 0.717) is 0 Å². The van der Waals surface area contributed by atoms with Crippen LogP contribution in [-0.2, 0) is 6.42 Å². The number of aromatic nitrogens is 5. The molecule has 246 valence electrons. The molecule has 4 heterocycles. The Kier molecular flexibility index (Phi) is 7.03. The zero-order valence-corrected chi connectivity index (χ0v) is 28.6. The van der Waals surface area contributed by atoms with Gasteiger partial charge >= 0.3 is 0 Å². The van der Waals surface area contributed by atoms with Crippen molar-refractivity contribution < 1.29 is 0 Å². The van der Waals surface area contributed by atoms with Crippen molar-refractivity contribution in [1.82, 2.24) is 23.9 Å². The molecule has 0 aliphatic carbocycles.